The van der Waals surface area contributed by atoms with Crippen molar-refractivity contribution in [2.75, 3.05) is 19.6 Å². The van der Waals surface area contributed by atoms with Gasteiger partial charge in [-0.2, -0.15) is 0 Å². The molecule has 3 fully saturated rings. The number of fused-ring (bicyclic) bond motifs is 1. The number of aliphatic hydroxyl groups excluding tert-OH is 1. The molecule has 33 heavy (non-hydrogen) atoms. The molecule has 3 aliphatic rings. The van der Waals surface area contributed by atoms with Gasteiger partial charge in [0.05, 0.1) is 18.2 Å². The fourth-order valence-electron chi connectivity index (χ4n) is 5.47. The lowest BCUT2D eigenvalue weighted by molar-refractivity contribution is -0.118. The van der Waals surface area contributed by atoms with Crippen molar-refractivity contribution < 1.29 is 9.90 Å². The van der Waals surface area contributed by atoms with Crippen LogP contribution in [0.2, 0.25) is 0 Å². The van der Waals surface area contributed by atoms with Crippen LogP contribution < -0.4 is 11.1 Å². The SMILES string of the molecule is C#CCN1C[C@@H]2C[C@]2(c2ccc(/C(C)=C/C(C(=O)N[C@H]3CC[C@H](O)CC3)=C(/N)N=C)cc2)C1. The van der Waals surface area contributed by atoms with Gasteiger partial charge in [-0.15, -0.1) is 6.42 Å². The molecule has 6 heteroatoms. The van der Waals surface area contributed by atoms with E-state index in [9.17, 15) is 9.90 Å². The molecular formula is C27H34N4O2. The van der Waals surface area contributed by atoms with Crippen molar-refractivity contribution >= 4 is 18.2 Å². The molecule has 1 aromatic carbocycles. The molecule has 0 bridgehead atoms. The van der Waals surface area contributed by atoms with Gasteiger partial charge in [-0.1, -0.05) is 30.2 Å². The van der Waals surface area contributed by atoms with E-state index in [-0.39, 0.29) is 29.3 Å². The van der Waals surface area contributed by atoms with Crippen LogP contribution in [0.15, 0.2) is 46.7 Å². The van der Waals surface area contributed by atoms with Crippen molar-refractivity contribution in [2.24, 2.45) is 16.6 Å². The first-order chi connectivity index (χ1) is 15.9. The highest BCUT2D eigenvalue weighted by molar-refractivity contribution is 5.99. The summed E-state index contributed by atoms with van der Waals surface area (Å²) in [5, 5.41) is 12.7. The Bertz CT molecular complexity index is 1010. The molecule has 2 aliphatic carbocycles. The van der Waals surface area contributed by atoms with Gasteiger partial charge >= 0.3 is 0 Å². The summed E-state index contributed by atoms with van der Waals surface area (Å²) in [4.78, 5) is 19.1. The summed E-state index contributed by atoms with van der Waals surface area (Å²) in [7, 11) is 0. The van der Waals surface area contributed by atoms with E-state index in [0.717, 1.165) is 43.6 Å². The predicted octanol–water partition coefficient (Wildman–Crippen LogP) is 2.59. The summed E-state index contributed by atoms with van der Waals surface area (Å²) in [6.07, 6.45) is 11.2. The second kappa shape index (κ2) is 9.54. The minimum atomic E-state index is -0.270. The third-order valence-corrected chi connectivity index (χ3v) is 7.53. The molecule has 1 aliphatic heterocycles. The zero-order chi connectivity index (χ0) is 23.6. The van der Waals surface area contributed by atoms with Gasteiger partial charge in [0.25, 0.3) is 5.91 Å². The normalized spacial score (nSPS) is 30.1. The van der Waals surface area contributed by atoms with E-state index in [2.05, 4.69) is 52.1 Å². The number of piperidine rings is 1. The quantitative estimate of drug-likeness (QED) is 0.260. The van der Waals surface area contributed by atoms with Crippen molar-refractivity contribution in [3.8, 4) is 12.3 Å². The Morgan fingerprint density at radius 3 is 2.70 bits per heavy atom. The van der Waals surface area contributed by atoms with Crippen LogP contribution in [0.25, 0.3) is 5.57 Å². The zero-order valence-electron chi connectivity index (χ0n) is 19.4. The lowest BCUT2D eigenvalue weighted by atomic mass is 9.92. The molecule has 1 amide bonds. The highest BCUT2D eigenvalue weighted by Gasteiger charge is 2.60. The number of likely N-dealkylation sites (tertiary alicyclic amines) is 1. The minimum absolute atomic E-state index is 0.0349. The predicted molar refractivity (Wildman–Crippen MR) is 132 cm³/mol. The molecule has 1 heterocycles. The monoisotopic (exact) mass is 446 g/mol. The van der Waals surface area contributed by atoms with E-state index < -0.39 is 0 Å². The van der Waals surface area contributed by atoms with Crippen LogP contribution in [0.3, 0.4) is 0 Å². The Kier molecular flexibility index (Phi) is 6.73. The summed E-state index contributed by atoms with van der Waals surface area (Å²) < 4.78 is 0. The number of aliphatic hydroxyl groups is 1. The van der Waals surface area contributed by atoms with Gasteiger partial charge in [0.2, 0.25) is 0 Å². The summed E-state index contributed by atoms with van der Waals surface area (Å²) >= 11 is 0. The maximum atomic E-state index is 13.0. The first-order valence-electron chi connectivity index (χ1n) is 11.8. The Morgan fingerprint density at radius 2 is 2.06 bits per heavy atom. The van der Waals surface area contributed by atoms with Crippen LogP contribution in [0.5, 0.6) is 0 Å². The minimum Gasteiger partial charge on any atom is -0.393 e. The number of amides is 1. The van der Waals surface area contributed by atoms with E-state index in [1.807, 2.05) is 6.92 Å². The number of nitrogens with two attached hydrogens (primary N) is 1. The van der Waals surface area contributed by atoms with E-state index in [0.29, 0.717) is 24.3 Å². The number of terminal acetylenes is 1. The molecule has 2 saturated carbocycles. The number of allylic oxidation sites excluding steroid dienone is 1. The fraction of sp³-hybridized carbons (Fsp3) is 0.481. The van der Waals surface area contributed by atoms with Crippen molar-refractivity contribution in [1.29, 1.82) is 0 Å². The molecule has 2 atom stereocenters. The standard InChI is InChI=1S/C27H34N4O2/c1-4-13-31-16-21-15-27(21,17-31)20-7-5-19(6-8-20)18(2)14-24(25(28)29-3)26(33)30-22-9-11-23(32)12-10-22/h1,5-8,14,21-23,32H,3,9-13,15-17,28H2,2H3,(H,30,33)/b18-14+,25-24+/t21-,22-,23-,27+/m0/s1. The van der Waals surface area contributed by atoms with Crippen LogP contribution in [0, 0.1) is 18.3 Å². The van der Waals surface area contributed by atoms with Crippen molar-refractivity contribution in [3.63, 3.8) is 0 Å². The Balaban J connectivity index is 1.47. The highest BCUT2D eigenvalue weighted by atomic mass is 16.3. The maximum Gasteiger partial charge on any atom is 0.255 e. The number of aliphatic imine (C=N–C) groups is 1. The van der Waals surface area contributed by atoms with Crippen LogP contribution in [0.4, 0.5) is 0 Å². The lowest BCUT2D eigenvalue weighted by Gasteiger charge is -2.26. The smallest absolute Gasteiger partial charge is 0.255 e. The number of hydrogen-bond donors (Lipinski definition) is 3. The average Bonchev–Trinajstić information content (AvgIpc) is 3.39. The van der Waals surface area contributed by atoms with Crippen LogP contribution in [-0.4, -0.2) is 54.4 Å². The number of hydrogen-bond acceptors (Lipinski definition) is 5. The number of benzene rings is 1. The second-order valence-electron chi connectivity index (χ2n) is 9.77. The van der Waals surface area contributed by atoms with Gasteiger partial charge in [0.15, 0.2) is 0 Å². The van der Waals surface area contributed by atoms with E-state index >= 15 is 0 Å². The highest BCUT2D eigenvalue weighted by Crippen LogP contribution is 2.58. The van der Waals surface area contributed by atoms with Crippen molar-refractivity contribution in [1.82, 2.24) is 10.2 Å². The molecule has 174 valence electrons. The molecule has 0 spiro atoms. The maximum absolute atomic E-state index is 13.0. The number of carbonyl (C=O) groups is 1. The van der Waals surface area contributed by atoms with Gasteiger partial charge in [0.1, 0.15) is 5.82 Å². The number of rotatable bonds is 7. The van der Waals surface area contributed by atoms with Crippen molar-refractivity contribution in [3.05, 3.63) is 52.9 Å². The van der Waals surface area contributed by atoms with Gasteiger partial charge in [-0.3, -0.25) is 9.69 Å². The summed E-state index contributed by atoms with van der Waals surface area (Å²) in [6.45, 7) is 8.30. The summed E-state index contributed by atoms with van der Waals surface area (Å²) in [5.74, 6) is 3.32. The molecule has 0 unspecified atom stereocenters. The van der Waals surface area contributed by atoms with Crippen molar-refractivity contribution in [2.45, 2.75) is 56.6 Å². The zero-order valence-corrected chi connectivity index (χ0v) is 19.4. The van der Waals surface area contributed by atoms with Crippen LogP contribution >= 0.6 is 0 Å². The Hall–Kier alpha value is -2.88. The largest absolute Gasteiger partial charge is 0.393 e. The molecule has 1 aromatic rings. The van der Waals surface area contributed by atoms with Gasteiger partial charge in [0, 0.05) is 24.5 Å². The molecule has 0 aromatic heterocycles. The Labute approximate surface area is 196 Å². The van der Waals surface area contributed by atoms with E-state index in [4.69, 9.17) is 12.2 Å². The molecule has 6 nitrogen and oxygen atoms in total. The molecule has 4 N–H and O–H groups in total. The molecule has 4 rings (SSSR count). The van der Waals surface area contributed by atoms with Crippen LogP contribution in [-0.2, 0) is 10.2 Å². The Morgan fingerprint density at radius 1 is 1.36 bits per heavy atom. The van der Waals surface area contributed by atoms with E-state index in [1.165, 1.54) is 12.0 Å². The van der Waals surface area contributed by atoms with Gasteiger partial charge in [-0.05, 0) is 74.4 Å². The molecule has 0 radical (unpaired) electrons. The lowest BCUT2D eigenvalue weighted by Crippen LogP contribution is -2.39. The first-order valence-corrected chi connectivity index (χ1v) is 11.8. The summed E-state index contributed by atoms with van der Waals surface area (Å²) in [5.41, 5.74) is 9.93. The van der Waals surface area contributed by atoms with Crippen LogP contribution in [0.1, 0.15) is 50.2 Å². The topological polar surface area (TPSA) is 91.0 Å². The fourth-order valence-corrected chi connectivity index (χ4v) is 5.47. The number of nitrogens with zero attached hydrogens (tertiary/aromatic N) is 2. The number of nitrogens with one attached hydrogen (secondary N) is 1. The first kappa shape index (κ1) is 23.3. The average molecular weight is 447 g/mol. The number of carbonyl (C=O) groups excluding carboxylic acids is 1. The third-order valence-electron chi connectivity index (χ3n) is 7.53. The van der Waals surface area contributed by atoms with E-state index in [1.54, 1.807) is 6.08 Å². The molecular weight excluding hydrogens is 412 g/mol. The van der Waals surface area contributed by atoms with Gasteiger partial charge < -0.3 is 16.2 Å². The second-order valence-corrected chi connectivity index (χ2v) is 9.77. The summed E-state index contributed by atoms with van der Waals surface area (Å²) in [6, 6.07) is 8.68. The van der Waals surface area contributed by atoms with Gasteiger partial charge in [-0.25, -0.2) is 4.99 Å². The molecule has 1 saturated heterocycles. The third kappa shape index (κ3) is 4.90.